The Hall–Kier alpha value is -2.03. The SMILES string of the molecule is CC(C)(C[C@@H]1N[C@@H](C(=O)O)[C@H](c2cccc(Cl)c2F)[C@@]1(N)c1ccc(Cl)cc1F)C1=CCOCC1. The third-order valence-corrected chi connectivity index (χ3v) is 7.86. The first-order valence-electron chi connectivity index (χ1n) is 11.4. The zero-order valence-corrected chi connectivity index (χ0v) is 21.0. The summed E-state index contributed by atoms with van der Waals surface area (Å²) < 4.78 is 36.2. The first-order chi connectivity index (χ1) is 16.5. The van der Waals surface area contributed by atoms with Gasteiger partial charge in [-0.25, -0.2) is 8.78 Å². The second-order valence-corrected chi connectivity index (χ2v) is 10.7. The summed E-state index contributed by atoms with van der Waals surface area (Å²) in [5.41, 5.74) is 6.24. The number of benzene rings is 2. The number of hydrogen-bond acceptors (Lipinski definition) is 4. The molecule has 2 aromatic carbocycles. The van der Waals surface area contributed by atoms with Gasteiger partial charge in [0.1, 0.15) is 17.7 Å². The van der Waals surface area contributed by atoms with E-state index in [0.29, 0.717) is 19.6 Å². The number of ether oxygens (including phenoxy) is 1. The highest BCUT2D eigenvalue weighted by Crippen LogP contribution is 2.51. The first kappa shape index (κ1) is 26.0. The minimum atomic E-state index is -1.63. The Morgan fingerprint density at radius 3 is 2.66 bits per heavy atom. The summed E-state index contributed by atoms with van der Waals surface area (Å²) in [6, 6.07) is 6.43. The van der Waals surface area contributed by atoms with Crippen molar-refractivity contribution in [1.29, 1.82) is 0 Å². The van der Waals surface area contributed by atoms with Crippen LogP contribution in [0.25, 0.3) is 0 Å². The van der Waals surface area contributed by atoms with Crippen LogP contribution in [0.3, 0.4) is 0 Å². The van der Waals surface area contributed by atoms with Gasteiger partial charge in [0.05, 0.1) is 23.8 Å². The maximum atomic E-state index is 15.4. The highest BCUT2D eigenvalue weighted by atomic mass is 35.5. The van der Waals surface area contributed by atoms with E-state index in [2.05, 4.69) is 5.32 Å². The highest BCUT2D eigenvalue weighted by Gasteiger charge is 2.59. The molecule has 0 unspecified atom stereocenters. The number of halogens is 4. The number of rotatable bonds is 6. The van der Waals surface area contributed by atoms with E-state index in [1.807, 2.05) is 19.9 Å². The normalized spacial score (nSPS) is 27.1. The second kappa shape index (κ2) is 9.79. The van der Waals surface area contributed by atoms with Gasteiger partial charge in [-0.3, -0.25) is 10.1 Å². The average Bonchev–Trinajstić information content (AvgIpc) is 3.08. The fourth-order valence-electron chi connectivity index (χ4n) is 5.56. The van der Waals surface area contributed by atoms with Crippen molar-refractivity contribution in [2.45, 2.75) is 50.2 Å². The number of nitrogens with one attached hydrogen (secondary N) is 1. The average molecular weight is 525 g/mol. The number of nitrogens with two attached hydrogens (primary N) is 1. The molecule has 0 spiro atoms. The van der Waals surface area contributed by atoms with E-state index in [1.54, 1.807) is 0 Å². The van der Waals surface area contributed by atoms with Gasteiger partial charge in [0.2, 0.25) is 0 Å². The number of carbonyl (C=O) groups is 1. The predicted molar refractivity (Wildman–Crippen MR) is 132 cm³/mol. The van der Waals surface area contributed by atoms with Crippen molar-refractivity contribution in [2.75, 3.05) is 13.2 Å². The molecule has 1 saturated heterocycles. The van der Waals surface area contributed by atoms with Crippen LogP contribution < -0.4 is 11.1 Å². The highest BCUT2D eigenvalue weighted by molar-refractivity contribution is 6.31. The lowest BCUT2D eigenvalue weighted by Gasteiger charge is -2.41. The van der Waals surface area contributed by atoms with Gasteiger partial charge >= 0.3 is 5.97 Å². The molecule has 0 aliphatic carbocycles. The second-order valence-electron chi connectivity index (χ2n) is 9.86. The van der Waals surface area contributed by atoms with Crippen molar-refractivity contribution in [2.24, 2.45) is 11.1 Å². The minimum Gasteiger partial charge on any atom is -0.480 e. The third-order valence-electron chi connectivity index (χ3n) is 7.33. The lowest BCUT2D eigenvalue weighted by atomic mass is 9.66. The number of carboxylic acids is 1. The van der Waals surface area contributed by atoms with E-state index >= 15 is 8.78 Å². The molecule has 0 saturated carbocycles. The van der Waals surface area contributed by atoms with E-state index in [4.69, 9.17) is 33.7 Å². The Labute approximate surface area is 213 Å². The lowest BCUT2D eigenvalue weighted by molar-refractivity contribution is -0.139. The van der Waals surface area contributed by atoms with Crippen molar-refractivity contribution >= 4 is 29.2 Å². The van der Waals surface area contributed by atoms with Crippen LogP contribution in [0, 0.1) is 17.0 Å². The molecule has 9 heteroatoms. The van der Waals surface area contributed by atoms with Crippen LogP contribution in [0.2, 0.25) is 10.0 Å². The van der Waals surface area contributed by atoms with Crippen molar-refractivity contribution < 1.29 is 23.4 Å². The standard InChI is InChI=1S/C26H28Cl2F2N2O3/c1-25(2,14-8-10-35-11-9-14)13-20-26(31,17-7-6-15(27)12-19(17)29)21(23(32-20)24(33)34)16-4-3-5-18(28)22(16)30/h3-8,12,20-21,23,32H,9-11,13,31H2,1-2H3,(H,33,34)/t20-,21-,23+,26+/m0/s1. The van der Waals surface area contributed by atoms with E-state index in [9.17, 15) is 9.90 Å². The lowest BCUT2D eigenvalue weighted by Crippen LogP contribution is -2.53. The van der Waals surface area contributed by atoms with Crippen molar-refractivity contribution in [3.63, 3.8) is 0 Å². The zero-order chi connectivity index (χ0) is 25.5. The molecular weight excluding hydrogens is 497 g/mol. The molecular formula is C26H28Cl2F2N2O3. The molecule has 0 aromatic heterocycles. The van der Waals surface area contributed by atoms with Crippen LogP contribution in [0.4, 0.5) is 8.78 Å². The number of hydrogen-bond donors (Lipinski definition) is 3. The van der Waals surface area contributed by atoms with Crippen LogP contribution in [0.1, 0.15) is 43.7 Å². The summed E-state index contributed by atoms with van der Waals surface area (Å²) in [5.74, 6) is -3.83. The molecule has 35 heavy (non-hydrogen) atoms. The molecule has 2 heterocycles. The fraction of sp³-hybridized carbons (Fsp3) is 0.423. The zero-order valence-electron chi connectivity index (χ0n) is 19.5. The molecule has 188 valence electrons. The molecule has 4 N–H and O–H groups in total. The van der Waals surface area contributed by atoms with Gasteiger partial charge in [-0.05, 0) is 42.0 Å². The summed E-state index contributed by atoms with van der Waals surface area (Å²) in [7, 11) is 0. The van der Waals surface area contributed by atoms with Gasteiger partial charge in [0.25, 0.3) is 0 Å². The Morgan fingerprint density at radius 2 is 2.03 bits per heavy atom. The topological polar surface area (TPSA) is 84.6 Å². The summed E-state index contributed by atoms with van der Waals surface area (Å²) in [6.45, 7) is 5.15. The Kier molecular flexibility index (Phi) is 7.28. The summed E-state index contributed by atoms with van der Waals surface area (Å²) in [4.78, 5) is 12.4. The van der Waals surface area contributed by atoms with Crippen molar-refractivity contribution in [1.82, 2.24) is 5.32 Å². The van der Waals surface area contributed by atoms with Gasteiger partial charge in [-0.15, -0.1) is 0 Å². The largest absolute Gasteiger partial charge is 0.480 e. The van der Waals surface area contributed by atoms with Gasteiger partial charge < -0.3 is 15.6 Å². The maximum absolute atomic E-state index is 15.4. The molecule has 2 aromatic rings. The van der Waals surface area contributed by atoms with E-state index in [0.717, 1.165) is 18.1 Å². The molecule has 0 bridgehead atoms. The third kappa shape index (κ3) is 4.72. The summed E-state index contributed by atoms with van der Waals surface area (Å²) >= 11 is 12.1. The molecule has 0 amide bonds. The molecule has 4 atom stereocenters. The van der Waals surface area contributed by atoms with Crippen molar-refractivity contribution in [3.05, 3.63) is 80.9 Å². The van der Waals surface area contributed by atoms with Crippen LogP contribution in [0.5, 0.6) is 0 Å². The molecule has 2 aliphatic rings. The maximum Gasteiger partial charge on any atom is 0.321 e. The smallest absolute Gasteiger partial charge is 0.321 e. The molecule has 5 nitrogen and oxygen atoms in total. The monoisotopic (exact) mass is 524 g/mol. The molecule has 0 radical (unpaired) electrons. The molecule has 1 fully saturated rings. The van der Waals surface area contributed by atoms with E-state index in [-0.39, 0.29) is 21.2 Å². The Bertz CT molecular complexity index is 1170. The van der Waals surface area contributed by atoms with Crippen LogP contribution in [0.15, 0.2) is 48.0 Å². The van der Waals surface area contributed by atoms with Gasteiger partial charge in [-0.2, -0.15) is 0 Å². The van der Waals surface area contributed by atoms with Gasteiger partial charge in [0, 0.05) is 22.5 Å². The summed E-state index contributed by atoms with van der Waals surface area (Å²) in [5, 5.41) is 13.3. The van der Waals surface area contributed by atoms with E-state index in [1.165, 1.54) is 30.3 Å². The van der Waals surface area contributed by atoms with Crippen LogP contribution in [-0.2, 0) is 15.1 Å². The van der Waals surface area contributed by atoms with E-state index < -0.39 is 46.6 Å². The Balaban J connectivity index is 1.90. The first-order valence-corrected chi connectivity index (χ1v) is 12.2. The number of aliphatic carboxylic acids is 1. The van der Waals surface area contributed by atoms with Crippen molar-refractivity contribution in [3.8, 4) is 0 Å². The fourth-order valence-corrected chi connectivity index (χ4v) is 5.90. The quantitative estimate of drug-likeness (QED) is 0.440. The molecule has 2 aliphatic heterocycles. The minimum absolute atomic E-state index is 0.0137. The summed E-state index contributed by atoms with van der Waals surface area (Å²) in [6.07, 6.45) is 3.11. The predicted octanol–water partition coefficient (Wildman–Crippen LogP) is 5.40. The van der Waals surface area contributed by atoms with Crippen LogP contribution >= 0.6 is 23.2 Å². The molecule has 4 rings (SSSR count). The van der Waals surface area contributed by atoms with Crippen LogP contribution in [-0.4, -0.2) is 36.4 Å². The Morgan fingerprint density at radius 1 is 1.29 bits per heavy atom. The number of carboxylic acid groups (broad SMARTS) is 1. The van der Waals surface area contributed by atoms with Gasteiger partial charge in [0.15, 0.2) is 0 Å². The van der Waals surface area contributed by atoms with Gasteiger partial charge in [-0.1, -0.05) is 66.9 Å².